The molecule has 3 atom stereocenters. The second-order valence-corrected chi connectivity index (χ2v) is 7.24. The van der Waals surface area contributed by atoms with Crippen molar-refractivity contribution in [1.82, 2.24) is 15.1 Å². The lowest BCUT2D eigenvalue weighted by molar-refractivity contribution is 0.106. The molecule has 2 rings (SSSR count). The van der Waals surface area contributed by atoms with Gasteiger partial charge in [0, 0.05) is 19.6 Å². The fourth-order valence-corrected chi connectivity index (χ4v) is 3.66. The van der Waals surface area contributed by atoms with E-state index in [-0.39, 0.29) is 12.1 Å². The third-order valence-corrected chi connectivity index (χ3v) is 5.12. The highest BCUT2D eigenvalue weighted by Crippen LogP contribution is 2.22. The quantitative estimate of drug-likeness (QED) is 0.928. The molecule has 1 aliphatic rings. The zero-order valence-electron chi connectivity index (χ0n) is 15.4. The summed E-state index contributed by atoms with van der Waals surface area (Å²) in [6, 6.07) is 6.76. The van der Waals surface area contributed by atoms with Gasteiger partial charge in [0.05, 0.1) is 6.04 Å². The van der Waals surface area contributed by atoms with Crippen molar-refractivity contribution in [3.8, 4) is 0 Å². The Hall–Kier alpha value is -1.55. The van der Waals surface area contributed by atoms with Crippen molar-refractivity contribution in [2.75, 3.05) is 27.2 Å². The summed E-state index contributed by atoms with van der Waals surface area (Å²) in [4.78, 5) is 16.9. The smallest absolute Gasteiger partial charge is 0.317 e. The normalized spacial score (nSPS) is 23.4. The number of urea groups is 1. The van der Waals surface area contributed by atoms with Gasteiger partial charge in [0.15, 0.2) is 0 Å². The maximum Gasteiger partial charge on any atom is 0.317 e. The Labute approximate surface area is 140 Å². The van der Waals surface area contributed by atoms with Gasteiger partial charge < -0.3 is 15.1 Å². The number of rotatable bonds is 3. The van der Waals surface area contributed by atoms with Crippen LogP contribution in [0, 0.1) is 19.8 Å². The second-order valence-electron chi connectivity index (χ2n) is 7.24. The van der Waals surface area contributed by atoms with Gasteiger partial charge in [-0.25, -0.2) is 4.79 Å². The number of aryl methyl sites for hydroxylation is 2. The topological polar surface area (TPSA) is 35.6 Å². The van der Waals surface area contributed by atoms with Crippen LogP contribution in [0.3, 0.4) is 0 Å². The van der Waals surface area contributed by atoms with Crippen molar-refractivity contribution in [3.05, 3.63) is 34.9 Å². The molecule has 1 aromatic rings. The van der Waals surface area contributed by atoms with Crippen LogP contribution in [-0.4, -0.2) is 49.1 Å². The Balaban J connectivity index is 2.01. The van der Waals surface area contributed by atoms with Gasteiger partial charge in [-0.3, -0.25) is 0 Å². The zero-order chi connectivity index (χ0) is 17.1. The summed E-state index contributed by atoms with van der Waals surface area (Å²) in [6.45, 7) is 10.6. The number of piperidine rings is 1. The van der Waals surface area contributed by atoms with Crippen LogP contribution in [0.5, 0.6) is 0 Å². The fraction of sp³-hybridized carbons (Fsp3) is 0.632. The lowest BCUT2D eigenvalue weighted by Gasteiger charge is -2.40. The van der Waals surface area contributed by atoms with Gasteiger partial charge in [-0.15, -0.1) is 0 Å². The molecule has 1 aromatic carbocycles. The highest BCUT2D eigenvalue weighted by molar-refractivity contribution is 5.75. The third kappa shape index (κ3) is 4.25. The molecule has 1 N–H and O–H groups in total. The number of benzene rings is 1. The molecular formula is C19H31N3O. The first-order chi connectivity index (χ1) is 10.8. The van der Waals surface area contributed by atoms with Crippen LogP contribution < -0.4 is 5.32 Å². The van der Waals surface area contributed by atoms with Gasteiger partial charge >= 0.3 is 6.03 Å². The Bertz CT molecular complexity index is 558. The second kappa shape index (κ2) is 7.35. The molecule has 0 saturated carbocycles. The molecule has 1 fully saturated rings. The maximum absolute atomic E-state index is 12.7. The standard InChI is InChI=1S/C19H31N3O/c1-13-7-8-14(2)17(11-13)16(4)20-19(23)22(6)18-9-10-21(5)12-15(18)3/h7-8,11,15-16,18H,9-10,12H2,1-6H3,(H,20,23). The number of nitrogens with zero attached hydrogens (tertiary/aromatic N) is 2. The van der Waals surface area contributed by atoms with Gasteiger partial charge in [0.2, 0.25) is 0 Å². The third-order valence-electron chi connectivity index (χ3n) is 5.12. The average Bonchev–Trinajstić information content (AvgIpc) is 2.49. The van der Waals surface area contributed by atoms with Crippen molar-refractivity contribution in [1.29, 1.82) is 0 Å². The molecule has 4 nitrogen and oxygen atoms in total. The molecule has 0 bridgehead atoms. The summed E-state index contributed by atoms with van der Waals surface area (Å²) in [5, 5.41) is 3.17. The lowest BCUT2D eigenvalue weighted by atomic mass is 9.93. The summed E-state index contributed by atoms with van der Waals surface area (Å²) in [5.74, 6) is 0.500. The lowest BCUT2D eigenvalue weighted by Crippen LogP contribution is -2.52. The minimum absolute atomic E-state index is 0.0198. The predicted octanol–water partition coefficient (Wildman–Crippen LogP) is 3.35. The first kappa shape index (κ1) is 17.8. The predicted molar refractivity (Wildman–Crippen MR) is 95.7 cm³/mol. The SMILES string of the molecule is Cc1ccc(C)c(C(C)NC(=O)N(C)C2CCN(C)CC2C)c1. The number of amides is 2. The van der Waals surface area contributed by atoms with Gasteiger partial charge in [0.25, 0.3) is 0 Å². The summed E-state index contributed by atoms with van der Waals surface area (Å²) in [5.41, 5.74) is 3.64. The van der Waals surface area contributed by atoms with Crippen LogP contribution in [0.4, 0.5) is 4.79 Å². The Morgan fingerprint density at radius 2 is 2.09 bits per heavy atom. The molecule has 1 saturated heterocycles. The largest absolute Gasteiger partial charge is 0.331 e. The molecule has 1 heterocycles. The van der Waals surface area contributed by atoms with E-state index in [1.54, 1.807) is 0 Å². The molecule has 0 aromatic heterocycles. The Morgan fingerprint density at radius 1 is 1.39 bits per heavy atom. The van der Waals surface area contributed by atoms with Crippen molar-refractivity contribution in [2.45, 2.75) is 46.2 Å². The van der Waals surface area contributed by atoms with E-state index in [0.29, 0.717) is 12.0 Å². The molecule has 1 aliphatic heterocycles. The van der Waals surface area contributed by atoms with Gasteiger partial charge in [0.1, 0.15) is 0 Å². The summed E-state index contributed by atoms with van der Waals surface area (Å²) in [7, 11) is 4.08. The van der Waals surface area contributed by atoms with Crippen LogP contribution in [0.2, 0.25) is 0 Å². The van der Waals surface area contributed by atoms with Crippen molar-refractivity contribution in [2.24, 2.45) is 5.92 Å². The van der Waals surface area contributed by atoms with Crippen LogP contribution >= 0.6 is 0 Å². The van der Waals surface area contributed by atoms with Crippen LogP contribution in [-0.2, 0) is 0 Å². The number of hydrogen-bond donors (Lipinski definition) is 1. The van der Waals surface area contributed by atoms with Crippen LogP contribution in [0.25, 0.3) is 0 Å². The summed E-state index contributed by atoms with van der Waals surface area (Å²) < 4.78 is 0. The van der Waals surface area contributed by atoms with E-state index in [0.717, 1.165) is 19.5 Å². The van der Waals surface area contributed by atoms with E-state index in [9.17, 15) is 4.79 Å². The molecule has 23 heavy (non-hydrogen) atoms. The number of likely N-dealkylation sites (tertiary alicyclic amines) is 1. The highest BCUT2D eigenvalue weighted by atomic mass is 16.2. The van der Waals surface area contributed by atoms with E-state index < -0.39 is 0 Å². The fourth-order valence-electron chi connectivity index (χ4n) is 3.66. The monoisotopic (exact) mass is 317 g/mol. The molecule has 0 radical (unpaired) electrons. The molecule has 0 aliphatic carbocycles. The van der Waals surface area contributed by atoms with E-state index >= 15 is 0 Å². The minimum Gasteiger partial charge on any atom is -0.331 e. The van der Waals surface area contributed by atoms with Gasteiger partial charge in [-0.1, -0.05) is 30.7 Å². The number of nitrogens with one attached hydrogen (secondary N) is 1. The maximum atomic E-state index is 12.7. The molecule has 4 heteroatoms. The molecule has 128 valence electrons. The van der Waals surface area contributed by atoms with Crippen LogP contribution in [0.1, 0.15) is 43.0 Å². The van der Waals surface area contributed by atoms with E-state index in [1.165, 1.54) is 16.7 Å². The summed E-state index contributed by atoms with van der Waals surface area (Å²) in [6.07, 6.45) is 1.04. The first-order valence-electron chi connectivity index (χ1n) is 8.58. The van der Waals surface area contributed by atoms with E-state index in [2.05, 4.69) is 63.2 Å². The molecular weight excluding hydrogens is 286 g/mol. The number of carbonyl (C=O) groups is 1. The zero-order valence-corrected chi connectivity index (χ0v) is 15.4. The van der Waals surface area contributed by atoms with Crippen molar-refractivity contribution in [3.63, 3.8) is 0 Å². The Kier molecular flexibility index (Phi) is 5.69. The molecule has 2 amide bonds. The summed E-state index contributed by atoms with van der Waals surface area (Å²) >= 11 is 0. The average molecular weight is 317 g/mol. The van der Waals surface area contributed by atoms with E-state index in [4.69, 9.17) is 0 Å². The van der Waals surface area contributed by atoms with Crippen LogP contribution in [0.15, 0.2) is 18.2 Å². The molecule has 0 spiro atoms. The number of hydrogen-bond acceptors (Lipinski definition) is 2. The minimum atomic E-state index is 0.0198. The Morgan fingerprint density at radius 3 is 2.74 bits per heavy atom. The van der Waals surface area contributed by atoms with Gasteiger partial charge in [-0.2, -0.15) is 0 Å². The van der Waals surface area contributed by atoms with Crippen molar-refractivity contribution < 1.29 is 4.79 Å². The first-order valence-corrected chi connectivity index (χ1v) is 8.58. The van der Waals surface area contributed by atoms with E-state index in [1.807, 2.05) is 11.9 Å². The highest BCUT2D eigenvalue weighted by Gasteiger charge is 2.30. The van der Waals surface area contributed by atoms with Gasteiger partial charge in [-0.05, 0) is 57.8 Å². The number of carbonyl (C=O) groups excluding carboxylic acids is 1. The molecule has 3 unspecified atom stereocenters. The van der Waals surface area contributed by atoms with Crippen molar-refractivity contribution >= 4 is 6.03 Å².